The van der Waals surface area contributed by atoms with Crippen LogP contribution in [-0.4, -0.2) is 49.5 Å². The smallest absolute Gasteiger partial charge is 0.278 e. The van der Waals surface area contributed by atoms with Gasteiger partial charge in [0.05, 0.1) is 13.2 Å². The number of carbonyl (C=O) groups excluding carboxylic acids is 1. The summed E-state index contributed by atoms with van der Waals surface area (Å²) in [5.74, 6) is -0.174. The van der Waals surface area contributed by atoms with Crippen LogP contribution in [0, 0.1) is 0 Å². The Balaban J connectivity index is 1.73. The van der Waals surface area contributed by atoms with E-state index in [-0.39, 0.29) is 5.91 Å². The zero-order valence-corrected chi connectivity index (χ0v) is 12.5. The molecule has 1 aliphatic rings. The summed E-state index contributed by atoms with van der Waals surface area (Å²) < 4.78 is 5.36. The number of nitrogens with zero attached hydrogens (tertiary/aromatic N) is 4. The summed E-state index contributed by atoms with van der Waals surface area (Å²) in [5, 5.41) is 7.59. The van der Waals surface area contributed by atoms with Crippen LogP contribution in [0.2, 0.25) is 0 Å². The van der Waals surface area contributed by atoms with E-state index >= 15 is 0 Å². The van der Waals surface area contributed by atoms with Gasteiger partial charge in [-0.15, -0.1) is 5.10 Å². The van der Waals surface area contributed by atoms with Crippen LogP contribution in [0.4, 0.5) is 11.4 Å². The molecule has 0 atom stereocenters. The van der Waals surface area contributed by atoms with Gasteiger partial charge in [-0.3, -0.25) is 4.79 Å². The summed E-state index contributed by atoms with van der Waals surface area (Å²) >= 11 is 0. The molecule has 1 amide bonds. The van der Waals surface area contributed by atoms with Gasteiger partial charge in [-0.05, 0) is 36.4 Å². The molecule has 1 aromatic carbocycles. The fourth-order valence-electron chi connectivity index (χ4n) is 2.41. The minimum Gasteiger partial charge on any atom is -0.378 e. The second-order valence-corrected chi connectivity index (χ2v) is 5.09. The molecule has 0 bridgehead atoms. The number of aromatic nitrogens is 2. The third kappa shape index (κ3) is 3.07. The molecule has 114 valence electrons. The molecule has 2 aromatic rings. The van der Waals surface area contributed by atoms with Gasteiger partial charge in [0.25, 0.3) is 5.91 Å². The van der Waals surface area contributed by atoms with Crippen molar-refractivity contribution in [3.8, 4) is 0 Å². The lowest BCUT2D eigenvalue weighted by atomic mass is 10.2. The maximum absolute atomic E-state index is 12.3. The number of ether oxygens (including phenoxy) is 1. The van der Waals surface area contributed by atoms with Crippen molar-refractivity contribution in [1.82, 2.24) is 10.2 Å². The molecular weight excluding hydrogens is 280 g/mol. The molecule has 6 nitrogen and oxygen atoms in total. The first-order valence-corrected chi connectivity index (χ1v) is 7.24. The van der Waals surface area contributed by atoms with E-state index in [9.17, 15) is 4.79 Å². The maximum atomic E-state index is 12.3. The van der Waals surface area contributed by atoms with Gasteiger partial charge in [0, 0.05) is 37.7 Å². The van der Waals surface area contributed by atoms with Gasteiger partial charge >= 0.3 is 0 Å². The number of rotatable bonds is 3. The van der Waals surface area contributed by atoms with E-state index in [1.165, 1.54) is 0 Å². The lowest BCUT2D eigenvalue weighted by molar-refractivity contribution is 0.0987. The first-order chi connectivity index (χ1) is 10.8. The molecule has 1 aromatic heterocycles. The molecule has 0 aliphatic carbocycles. The zero-order valence-electron chi connectivity index (χ0n) is 12.5. The third-order valence-corrected chi connectivity index (χ3v) is 3.71. The molecule has 22 heavy (non-hydrogen) atoms. The summed E-state index contributed by atoms with van der Waals surface area (Å²) in [7, 11) is 1.74. The van der Waals surface area contributed by atoms with Gasteiger partial charge in [-0.25, -0.2) is 0 Å². The number of benzene rings is 1. The quantitative estimate of drug-likeness (QED) is 0.861. The Kier molecular flexibility index (Phi) is 4.29. The molecule has 2 heterocycles. The van der Waals surface area contributed by atoms with E-state index in [1.807, 2.05) is 24.3 Å². The molecule has 1 fully saturated rings. The highest BCUT2D eigenvalue weighted by molar-refractivity contribution is 6.04. The predicted octanol–water partition coefficient (Wildman–Crippen LogP) is 1.59. The number of amides is 1. The standard InChI is InChI=1S/C16H18N4O2/c1-19(16(21)15-3-2-8-17-18-15)13-4-6-14(7-5-13)20-9-11-22-12-10-20/h2-8H,9-12H2,1H3. The van der Waals surface area contributed by atoms with E-state index < -0.39 is 0 Å². The van der Waals surface area contributed by atoms with Gasteiger partial charge < -0.3 is 14.5 Å². The third-order valence-electron chi connectivity index (χ3n) is 3.71. The minimum atomic E-state index is -0.174. The number of carbonyl (C=O) groups is 1. The van der Waals surface area contributed by atoms with Gasteiger partial charge in [0.2, 0.25) is 0 Å². The van der Waals surface area contributed by atoms with Crippen LogP contribution in [0.25, 0.3) is 0 Å². The molecule has 1 saturated heterocycles. The van der Waals surface area contributed by atoms with Crippen molar-refractivity contribution >= 4 is 17.3 Å². The Morgan fingerprint density at radius 3 is 2.55 bits per heavy atom. The van der Waals surface area contributed by atoms with Crippen molar-refractivity contribution in [2.75, 3.05) is 43.2 Å². The molecule has 0 radical (unpaired) electrons. The summed E-state index contributed by atoms with van der Waals surface area (Å²) in [6.45, 7) is 3.31. The normalized spacial score (nSPS) is 14.7. The molecule has 0 unspecified atom stereocenters. The van der Waals surface area contributed by atoms with Crippen LogP contribution in [0.15, 0.2) is 42.6 Å². The summed E-state index contributed by atoms with van der Waals surface area (Å²) in [4.78, 5) is 16.2. The Hall–Kier alpha value is -2.47. The van der Waals surface area contributed by atoms with Crippen LogP contribution >= 0.6 is 0 Å². The highest BCUT2D eigenvalue weighted by Gasteiger charge is 2.16. The SMILES string of the molecule is CN(C(=O)c1cccnn1)c1ccc(N2CCOCC2)cc1. The largest absolute Gasteiger partial charge is 0.378 e. The first-order valence-electron chi connectivity index (χ1n) is 7.24. The molecular formula is C16H18N4O2. The Morgan fingerprint density at radius 2 is 1.91 bits per heavy atom. The topological polar surface area (TPSA) is 58.6 Å². The molecule has 0 N–H and O–H groups in total. The van der Waals surface area contributed by atoms with E-state index in [0.717, 1.165) is 37.7 Å². The Bertz CT molecular complexity index is 624. The van der Waals surface area contributed by atoms with Crippen LogP contribution in [-0.2, 0) is 4.74 Å². The van der Waals surface area contributed by atoms with Crippen molar-refractivity contribution < 1.29 is 9.53 Å². The second kappa shape index (κ2) is 6.53. The molecule has 3 rings (SSSR count). The van der Waals surface area contributed by atoms with Crippen LogP contribution in [0.3, 0.4) is 0 Å². The molecule has 1 aliphatic heterocycles. The van der Waals surface area contributed by atoms with E-state index in [1.54, 1.807) is 30.3 Å². The number of morpholine rings is 1. The highest BCUT2D eigenvalue weighted by atomic mass is 16.5. The molecule has 6 heteroatoms. The average molecular weight is 298 g/mol. The second-order valence-electron chi connectivity index (χ2n) is 5.09. The fraction of sp³-hybridized carbons (Fsp3) is 0.312. The summed E-state index contributed by atoms with van der Waals surface area (Å²) in [6, 6.07) is 11.3. The minimum absolute atomic E-state index is 0.174. The van der Waals surface area contributed by atoms with E-state index in [2.05, 4.69) is 15.1 Å². The van der Waals surface area contributed by atoms with Crippen molar-refractivity contribution in [2.24, 2.45) is 0 Å². The van der Waals surface area contributed by atoms with Crippen molar-refractivity contribution in [2.45, 2.75) is 0 Å². The molecule has 0 saturated carbocycles. The van der Waals surface area contributed by atoms with E-state index in [4.69, 9.17) is 4.74 Å². The summed E-state index contributed by atoms with van der Waals surface area (Å²) in [5.41, 5.74) is 2.31. The van der Waals surface area contributed by atoms with E-state index in [0.29, 0.717) is 5.69 Å². The maximum Gasteiger partial charge on any atom is 0.278 e. The predicted molar refractivity (Wildman–Crippen MR) is 84.2 cm³/mol. The van der Waals surface area contributed by atoms with Crippen molar-refractivity contribution in [3.63, 3.8) is 0 Å². The van der Waals surface area contributed by atoms with Crippen LogP contribution in [0.1, 0.15) is 10.5 Å². The van der Waals surface area contributed by atoms with Crippen LogP contribution < -0.4 is 9.80 Å². The Morgan fingerprint density at radius 1 is 1.18 bits per heavy atom. The fourth-order valence-corrected chi connectivity index (χ4v) is 2.41. The van der Waals surface area contributed by atoms with Crippen molar-refractivity contribution in [3.05, 3.63) is 48.3 Å². The number of anilines is 2. The first kappa shape index (κ1) is 14.5. The van der Waals surface area contributed by atoms with Gasteiger partial charge in [0.1, 0.15) is 0 Å². The van der Waals surface area contributed by atoms with Gasteiger partial charge in [-0.2, -0.15) is 5.10 Å². The number of hydrogen-bond donors (Lipinski definition) is 0. The monoisotopic (exact) mass is 298 g/mol. The zero-order chi connectivity index (χ0) is 15.4. The average Bonchev–Trinajstić information content (AvgIpc) is 2.62. The molecule has 0 spiro atoms. The lowest BCUT2D eigenvalue weighted by Gasteiger charge is -2.29. The number of hydrogen-bond acceptors (Lipinski definition) is 5. The Labute approximate surface area is 129 Å². The van der Waals surface area contributed by atoms with Crippen molar-refractivity contribution in [1.29, 1.82) is 0 Å². The van der Waals surface area contributed by atoms with Crippen LogP contribution in [0.5, 0.6) is 0 Å². The summed E-state index contributed by atoms with van der Waals surface area (Å²) in [6.07, 6.45) is 1.55. The van der Waals surface area contributed by atoms with Gasteiger partial charge in [0.15, 0.2) is 5.69 Å². The highest BCUT2D eigenvalue weighted by Crippen LogP contribution is 2.21. The van der Waals surface area contributed by atoms with Gasteiger partial charge in [-0.1, -0.05) is 0 Å². The lowest BCUT2D eigenvalue weighted by Crippen LogP contribution is -2.36.